The van der Waals surface area contributed by atoms with E-state index in [9.17, 15) is 0 Å². The monoisotopic (exact) mass is 225 g/mol. The third kappa shape index (κ3) is 5.04. The number of hydrogen-bond donors (Lipinski definition) is 1. The lowest BCUT2D eigenvalue weighted by Gasteiger charge is -2.09. The third-order valence-electron chi connectivity index (χ3n) is 1.87. The minimum atomic E-state index is 0.915. The van der Waals surface area contributed by atoms with Crippen LogP contribution < -0.4 is 5.32 Å². The average Bonchev–Trinajstić information content (AvgIpc) is 2.18. The van der Waals surface area contributed by atoms with Gasteiger partial charge in [0.05, 0.1) is 5.03 Å². The first kappa shape index (κ1) is 12.3. The van der Waals surface area contributed by atoms with Crippen molar-refractivity contribution < 1.29 is 0 Å². The van der Waals surface area contributed by atoms with E-state index in [0.717, 1.165) is 29.7 Å². The maximum Gasteiger partial charge on any atom is 0.127 e. The van der Waals surface area contributed by atoms with Gasteiger partial charge in [-0.3, -0.25) is 0 Å². The summed E-state index contributed by atoms with van der Waals surface area (Å²) in [6.07, 6.45) is 0. The Kier molecular flexibility index (Phi) is 5.50. The second kappa shape index (κ2) is 6.69. The van der Waals surface area contributed by atoms with Crippen molar-refractivity contribution in [1.82, 2.24) is 9.88 Å². The molecule has 1 rings (SSSR count). The minimum absolute atomic E-state index is 0.915. The lowest BCUT2D eigenvalue weighted by molar-refractivity contribution is 0.437. The van der Waals surface area contributed by atoms with Crippen LogP contribution in [-0.4, -0.2) is 42.8 Å². The van der Waals surface area contributed by atoms with Crippen LogP contribution in [0.2, 0.25) is 0 Å². The Morgan fingerprint density at radius 1 is 1.40 bits per heavy atom. The summed E-state index contributed by atoms with van der Waals surface area (Å²) in [4.78, 5) is 6.67. The van der Waals surface area contributed by atoms with Crippen molar-refractivity contribution in [2.75, 3.05) is 38.3 Å². The molecule has 0 aliphatic rings. The summed E-state index contributed by atoms with van der Waals surface area (Å²) in [5, 5.41) is 4.31. The Labute approximate surface area is 96.3 Å². The molecule has 1 aromatic heterocycles. The van der Waals surface area contributed by atoms with Gasteiger partial charge in [0.15, 0.2) is 0 Å². The van der Waals surface area contributed by atoms with Crippen LogP contribution in [0.5, 0.6) is 0 Å². The van der Waals surface area contributed by atoms with E-state index in [-0.39, 0.29) is 0 Å². The first-order valence-corrected chi connectivity index (χ1v) is 6.19. The van der Waals surface area contributed by atoms with Gasteiger partial charge in [0.25, 0.3) is 0 Å². The third-order valence-corrected chi connectivity index (χ3v) is 2.78. The van der Waals surface area contributed by atoms with Crippen molar-refractivity contribution in [2.24, 2.45) is 0 Å². The van der Waals surface area contributed by atoms with E-state index in [1.807, 2.05) is 12.1 Å². The Morgan fingerprint density at radius 2 is 2.20 bits per heavy atom. The molecule has 3 nitrogen and oxygen atoms in total. The molecular formula is C11H19N3S. The second-order valence-corrected chi connectivity index (χ2v) is 4.66. The molecule has 0 aliphatic carbocycles. The fourth-order valence-electron chi connectivity index (χ4n) is 1.11. The molecule has 84 valence electrons. The lowest BCUT2D eigenvalue weighted by atomic mass is 10.4. The molecule has 0 spiro atoms. The summed E-state index contributed by atoms with van der Waals surface area (Å²) >= 11 is 1.80. The van der Waals surface area contributed by atoms with E-state index in [4.69, 9.17) is 0 Å². The van der Waals surface area contributed by atoms with Crippen molar-refractivity contribution in [3.05, 3.63) is 18.2 Å². The Balaban J connectivity index is 2.43. The number of hydrogen-bond acceptors (Lipinski definition) is 4. The summed E-state index contributed by atoms with van der Waals surface area (Å²) in [7, 11) is 4.17. The predicted octanol–water partition coefficient (Wildman–Crippen LogP) is 2.17. The molecule has 0 unspecified atom stereocenters. The fraction of sp³-hybridized carbons (Fsp3) is 0.545. The van der Waals surface area contributed by atoms with E-state index in [1.54, 1.807) is 11.8 Å². The molecule has 0 bridgehead atoms. The smallest absolute Gasteiger partial charge is 0.127 e. The van der Waals surface area contributed by atoms with Gasteiger partial charge in [-0.1, -0.05) is 6.07 Å². The van der Waals surface area contributed by atoms with Gasteiger partial charge in [-0.25, -0.2) is 4.98 Å². The van der Waals surface area contributed by atoms with E-state index < -0.39 is 0 Å². The molecule has 0 saturated heterocycles. The van der Waals surface area contributed by atoms with E-state index in [2.05, 4.69) is 42.3 Å². The van der Waals surface area contributed by atoms with Gasteiger partial charge in [0.1, 0.15) is 5.82 Å². The van der Waals surface area contributed by atoms with Gasteiger partial charge in [-0.2, -0.15) is 0 Å². The van der Waals surface area contributed by atoms with Gasteiger partial charge in [0.2, 0.25) is 0 Å². The van der Waals surface area contributed by atoms with Crippen molar-refractivity contribution in [1.29, 1.82) is 0 Å². The second-order valence-electron chi connectivity index (χ2n) is 3.54. The van der Waals surface area contributed by atoms with Crippen LogP contribution in [0, 0.1) is 0 Å². The fourth-order valence-corrected chi connectivity index (χ4v) is 2.11. The standard InChI is InChI=1S/C11H19N3S/c1-4-12-10-6-5-7-11(13-10)15-9-8-14(2)3/h5-7H,4,8-9H2,1-3H3,(H,12,13). The van der Waals surface area contributed by atoms with Crippen molar-refractivity contribution in [2.45, 2.75) is 11.9 Å². The minimum Gasteiger partial charge on any atom is -0.370 e. The summed E-state index contributed by atoms with van der Waals surface area (Å²) in [5.74, 6) is 2.04. The van der Waals surface area contributed by atoms with Crippen LogP contribution in [0.15, 0.2) is 23.2 Å². The molecule has 4 heteroatoms. The Morgan fingerprint density at radius 3 is 2.87 bits per heavy atom. The van der Waals surface area contributed by atoms with E-state index in [0.29, 0.717) is 0 Å². The molecule has 0 atom stereocenters. The number of rotatable bonds is 6. The highest BCUT2D eigenvalue weighted by Gasteiger charge is 1.98. The van der Waals surface area contributed by atoms with Crippen molar-refractivity contribution in [3.8, 4) is 0 Å². The largest absolute Gasteiger partial charge is 0.370 e. The zero-order valence-electron chi connectivity index (χ0n) is 9.66. The summed E-state index contributed by atoms with van der Waals surface area (Å²) in [6.45, 7) is 4.07. The molecule has 0 aliphatic heterocycles. The normalized spacial score (nSPS) is 10.7. The number of thioether (sulfide) groups is 1. The highest BCUT2D eigenvalue weighted by atomic mass is 32.2. The summed E-state index contributed by atoms with van der Waals surface area (Å²) < 4.78 is 0. The predicted molar refractivity (Wildman–Crippen MR) is 67.7 cm³/mol. The molecule has 0 aromatic carbocycles. The lowest BCUT2D eigenvalue weighted by Crippen LogP contribution is -2.14. The van der Waals surface area contributed by atoms with Crippen molar-refractivity contribution >= 4 is 17.6 Å². The van der Waals surface area contributed by atoms with Crippen LogP contribution in [0.1, 0.15) is 6.92 Å². The molecule has 15 heavy (non-hydrogen) atoms. The van der Waals surface area contributed by atoms with Crippen LogP contribution in [0.25, 0.3) is 0 Å². The first-order valence-electron chi connectivity index (χ1n) is 5.21. The number of nitrogens with zero attached hydrogens (tertiary/aromatic N) is 2. The Bertz CT molecular complexity index is 289. The molecule has 0 amide bonds. The number of anilines is 1. The quantitative estimate of drug-likeness (QED) is 0.751. The van der Waals surface area contributed by atoms with Gasteiger partial charge in [-0.05, 0) is 33.2 Å². The summed E-state index contributed by atoms with van der Waals surface area (Å²) in [5.41, 5.74) is 0. The first-order chi connectivity index (χ1) is 7.22. The highest BCUT2D eigenvalue weighted by Crippen LogP contribution is 2.16. The van der Waals surface area contributed by atoms with Crippen LogP contribution in [-0.2, 0) is 0 Å². The molecule has 0 fully saturated rings. The van der Waals surface area contributed by atoms with Crippen molar-refractivity contribution in [3.63, 3.8) is 0 Å². The molecular weight excluding hydrogens is 206 g/mol. The van der Waals surface area contributed by atoms with Crippen LogP contribution >= 0.6 is 11.8 Å². The molecule has 1 N–H and O–H groups in total. The number of nitrogens with one attached hydrogen (secondary N) is 1. The SMILES string of the molecule is CCNc1cccc(SCCN(C)C)n1. The summed E-state index contributed by atoms with van der Waals surface area (Å²) in [6, 6.07) is 6.10. The molecule has 0 radical (unpaired) electrons. The zero-order valence-corrected chi connectivity index (χ0v) is 10.5. The average molecular weight is 225 g/mol. The van der Waals surface area contributed by atoms with Crippen LogP contribution in [0.4, 0.5) is 5.82 Å². The van der Waals surface area contributed by atoms with E-state index in [1.165, 1.54) is 0 Å². The van der Waals surface area contributed by atoms with Gasteiger partial charge < -0.3 is 10.2 Å². The maximum absolute atomic E-state index is 4.49. The molecule has 1 aromatic rings. The number of pyridine rings is 1. The van der Waals surface area contributed by atoms with Crippen LogP contribution in [0.3, 0.4) is 0 Å². The van der Waals surface area contributed by atoms with Gasteiger partial charge >= 0.3 is 0 Å². The van der Waals surface area contributed by atoms with Gasteiger partial charge in [0, 0.05) is 18.8 Å². The Hall–Kier alpha value is -0.740. The zero-order chi connectivity index (χ0) is 11.1. The molecule has 1 heterocycles. The number of aromatic nitrogens is 1. The highest BCUT2D eigenvalue weighted by molar-refractivity contribution is 7.99. The van der Waals surface area contributed by atoms with E-state index >= 15 is 0 Å². The topological polar surface area (TPSA) is 28.2 Å². The molecule has 0 saturated carbocycles. The van der Waals surface area contributed by atoms with Gasteiger partial charge in [-0.15, -0.1) is 11.8 Å². The maximum atomic E-state index is 4.49.